The van der Waals surface area contributed by atoms with Crippen molar-refractivity contribution in [3.8, 4) is 16.9 Å². The van der Waals surface area contributed by atoms with Crippen LogP contribution < -0.4 is 10.1 Å². The Bertz CT molecular complexity index is 1270. The molecule has 3 heterocycles. The van der Waals surface area contributed by atoms with Crippen molar-refractivity contribution in [3.63, 3.8) is 0 Å². The average molecular weight is 413 g/mol. The van der Waals surface area contributed by atoms with Crippen LogP contribution in [0, 0.1) is 13.8 Å². The number of benzene rings is 2. The molecule has 1 unspecified atom stereocenters. The summed E-state index contributed by atoms with van der Waals surface area (Å²) in [5.41, 5.74) is 6.54. The molecule has 2 aromatic carbocycles. The summed E-state index contributed by atoms with van der Waals surface area (Å²) in [5.74, 6) is 0.791. The Morgan fingerprint density at radius 3 is 2.94 bits per heavy atom. The van der Waals surface area contributed by atoms with Gasteiger partial charge in [0.05, 0.1) is 12.1 Å². The molecule has 7 heteroatoms. The molecule has 7 nitrogen and oxygen atoms in total. The van der Waals surface area contributed by atoms with Gasteiger partial charge in [-0.25, -0.2) is 9.67 Å². The van der Waals surface area contributed by atoms with E-state index < -0.39 is 0 Å². The lowest BCUT2D eigenvalue weighted by Gasteiger charge is -2.14. The van der Waals surface area contributed by atoms with Gasteiger partial charge in [0.2, 0.25) is 5.91 Å². The summed E-state index contributed by atoms with van der Waals surface area (Å²) in [5, 5.41) is 8.00. The number of ether oxygens (including phenoxy) is 1. The number of rotatable bonds is 5. The smallest absolute Gasteiger partial charge is 0.241 e. The second kappa shape index (κ2) is 7.83. The van der Waals surface area contributed by atoms with E-state index >= 15 is 0 Å². The highest BCUT2D eigenvalue weighted by Gasteiger charge is 2.27. The molecule has 1 aliphatic heterocycles. The second-order valence-corrected chi connectivity index (χ2v) is 8.00. The van der Waals surface area contributed by atoms with Crippen LogP contribution in [-0.2, 0) is 17.8 Å². The van der Waals surface area contributed by atoms with Crippen molar-refractivity contribution in [2.24, 2.45) is 0 Å². The van der Waals surface area contributed by atoms with E-state index in [4.69, 9.17) is 4.74 Å². The number of nitrogens with zero attached hydrogens (tertiary/aromatic N) is 4. The minimum atomic E-state index is -0.112. The van der Waals surface area contributed by atoms with E-state index in [-0.39, 0.29) is 18.6 Å². The Morgan fingerprint density at radius 1 is 1.19 bits per heavy atom. The Labute approximate surface area is 180 Å². The number of nitrogens with one attached hydrogen (secondary N) is 1. The van der Waals surface area contributed by atoms with E-state index in [9.17, 15) is 4.79 Å². The van der Waals surface area contributed by atoms with Gasteiger partial charge in [-0.05, 0) is 54.8 Å². The molecule has 4 aromatic rings. The second-order valence-electron chi connectivity index (χ2n) is 8.00. The highest BCUT2D eigenvalue weighted by atomic mass is 16.5. The molecule has 156 valence electrons. The van der Waals surface area contributed by atoms with E-state index in [2.05, 4.69) is 63.7 Å². The normalized spacial score (nSPS) is 15.0. The van der Waals surface area contributed by atoms with Crippen molar-refractivity contribution < 1.29 is 9.53 Å². The minimum Gasteiger partial charge on any atom is -0.487 e. The number of aryl methyl sites for hydroxylation is 2. The van der Waals surface area contributed by atoms with Crippen molar-refractivity contribution in [1.29, 1.82) is 0 Å². The Kier molecular flexibility index (Phi) is 4.86. The first-order valence-electron chi connectivity index (χ1n) is 10.3. The summed E-state index contributed by atoms with van der Waals surface area (Å²) in [7, 11) is 0. The molecule has 1 N–H and O–H groups in total. The number of amides is 1. The molecular formula is C24H23N5O2. The van der Waals surface area contributed by atoms with Gasteiger partial charge in [0, 0.05) is 23.1 Å². The molecule has 0 bridgehead atoms. The van der Waals surface area contributed by atoms with Gasteiger partial charge in [-0.2, -0.15) is 5.10 Å². The molecule has 31 heavy (non-hydrogen) atoms. The highest BCUT2D eigenvalue weighted by Crippen LogP contribution is 2.40. The van der Waals surface area contributed by atoms with E-state index in [0.717, 1.165) is 39.9 Å². The molecule has 0 spiro atoms. The predicted molar refractivity (Wildman–Crippen MR) is 118 cm³/mol. The number of carbonyl (C=O) groups excluding carboxylic acids is 1. The number of carbonyl (C=O) groups is 1. The predicted octanol–water partition coefficient (Wildman–Crippen LogP) is 3.23. The maximum Gasteiger partial charge on any atom is 0.241 e. The SMILES string of the molecule is Cc1cc2c(c(-c3ccc4nc(C)ccc4c3)c1)OC(CNC(=O)Cn1cncn1)C2. The molecule has 1 atom stereocenters. The zero-order valence-electron chi connectivity index (χ0n) is 17.5. The lowest BCUT2D eigenvalue weighted by atomic mass is 9.97. The van der Waals surface area contributed by atoms with Crippen LogP contribution in [0.2, 0.25) is 0 Å². The maximum atomic E-state index is 12.2. The zero-order chi connectivity index (χ0) is 21.4. The van der Waals surface area contributed by atoms with Crippen LogP contribution >= 0.6 is 0 Å². The molecule has 0 saturated carbocycles. The summed E-state index contributed by atoms with van der Waals surface area (Å²) < 4.78 is 7.80. The minimum absolute atomic E-state index is 0.0972. The fourth-order valence-electron chi connectivity index (χ4n) is 4.06. The van der Waals surface area contributed by atoms with Crippen LogP contribution in [0.3, 0.4) is 0 Å². The molecule has 1 amide bonds. The molecule has 0 aliphatic carbocycles. The molecule has 1 aliphatic rings. The van der Waals surface area contributed by atoms with Gasteiger partial charge in [0.25, 0.3) is 0 Å². The third-order valence-corrected chi connectivity index (χ3v) is 5.48. The van der Waals surface area contributed by atoms with Crippen LogP contribution in [0.4, 0.5) is 0 Å². The molecular weight excluding hydrogens is 390 g/mol. The maximum absolute atomic E-state index is 12.2. The van der Waals surface area contributed by atoms with Crippen molar-refractivity contribution >= 4 is 16.8 Å². The van der Waals surface area contributed by atoms with Gasteiger partial charge in [-0.3, -0.25) is 9.78 Å². The Balaban J connectivity index is 1.35. The fraction of sp³-hybridized carbons (Fsp3) is 0.250. The first-order chi connectivity index (χ1) is 15.0. The number of pyridine rings is 1. The lowest BCUT2D eigenvalue weighted by molar-refractivity contribution is -0.122. The molecule has 5 rings (SSSR count). The molecule has 0 radical (unpaired) electrons. The lowest BCUT2D eigenvalue weighted by Crippen LogP contribution is -2.36. The largest absolute Gasteiger partial charge is 0.487 e. The molecule has 0 saturated heterocycles. The van der Waals surface area contributed by atoms with Gasteiger partial charge in [-0.15, -0.1) is 0 Å². The molecule has 2 aromatic heterocycles. The summed E-state index contributed by atoms with van der Waals surface area (Å²) in [4.78, 5) is 20.6. The fourth-order valence-corrected chi connectivity index (χ4v) is 4.06. The van der Waals surface area contributed by atoms with Gasteiger partial charge in [0.15, 0.2) is 0 Å². The van der Waals surface area contributed by atoms with E-state index in [0.29, 0.717) is 6.54 Å². The monoisotopic (exact) mass is 413 g/mol. The number of hydrogen-bond acceptors (Lipinski definition) is 5. The highest BCUT2D eigenvalue weighted by molar-refractivity contribution is 5.86. The van der Waals surface area contributed by atoms with Crippen LogP contribution in [0.1, 0.15) is 16.8 Å². The average Bonchev–Trinajstić information content (AvgIpc) is 3.40. The van der Waals surface area contributed by atoms with Gasteiger partial charge >= 0.3 is 0 Å². The Morgan fingerprint density at radius 2 is 2.10 bits per heavy atom. The molecule has 0 fully saturated rings. The van der Waals surface area contributed by atoms with Gasteiger partial charge < -0.3 is 10.1 Å². The summed E-state index contributed by atoms with van der Waals surface area (Å²) in [6.07, 6.45) is 3.61. The van der Waals surface area contributed by atoms with Crippen LogP contribution in [0.5, 0.6) is 5.75 Å². The Hall–Kier alpha value is -3.74. The van der Waals surface area contributed by atoms with Crippen molar-refractivity contribution in [3.05, 3.63) is 71.9 Å². The van der Waals surface area contributed by atoms with Gasteiger partial charge in [-0.1, -0.05) is 18.2 Å². The van der Waals surface area contributed by atoms with Crippen molar-refractivity contribution in [2.75, 3.05) is 6.54 Å². The van der Waals surface area contributed by atoms with Crippen molar-refractivity contribution in [2.45, 2.75) is 32.9 Å². The van der Waals surface area contributed by atoms with Crippen LogP contribution in [0.15, 0.2) is 55.1 Å². The van der Waals surface area contributed by atoms with Crippen molar-refractivity contribution in [1.82, 2.24) is 25.1 Å². The number of fused-ring (bicyclic) bond motifs is 2. The van der Waals surface area contributed by atoms with Crippen LogP contribution in [0.25, 0.3) is 22.0 Å². The number of aromatic nitrogens is 4. The quantitative estimate of drug-likeness (QED) is 0.543. The third kappa shape index (κ3) is 3.99. The van der Waals surface area contributed by atoms with Crippen LogP contribution in [-0.4, -0.2) is 38.3 Å². The first kappa shape index (κ1) is 19.2. The number of hydrogen-bond donors (Lipinski definition) is 1. The third-order valence-electron chi connectivity index (χ3n) is 5.48. The van der Waals surface area contributed by atoms with E-state index in [1.807, 2.05) is 13.0 Å². The first-order valence-corrected chi connectivity index (χ1v) is 10.3. The topological polar surface area (TPSA) is 81.9 Å². The summed E-state index contributed by atoms with van der Waals surface area (Å²) in [6, 6.07) is 14.8. The summed E-state index contributed by atoms with van der Waals surface area (Å²) >= 11 is 0. The summed E-state index contributed by atoms with van der Waals surface area (Å²) in [6.45, 7) is 4.69. The van der Waals surface area contributed by atoms with Gasteiger partial charge in [0.1, 0.15) is 31.1 Å². The van der Waals surface area contributed by atoms with E-state index in [1.165, 1.54) is 28.5 Å². The van der Waals surface area contributed by atoms with E-state index in [1.54, 1.807) is 0 Å². The standard InChI is InChI=1S/C24H23N5O2/c1-15-7-19-10-20(11-26-23(30)12-29-14-25-13-27-29)31-24(19)21(8-15)17-5-6-22-18(9-17)4-3-16(2)28-22/h3-9,13-14,20H,10-12H2,1-2H3,(H,26,30). The zero-order valence-corrected chi connectivity index (χ0v) is 17.5.